The molecule has 1 aliphatic heterocycles. The lowest BCUT2D eigenvalue weighted by Gasteiger charge is -2.41. The van der Waals surface area contributed by atoms with Crippen molar-refractivity contribution in [3.63, 3.8) is 0 Å². The number of likely N-dealkylation sites (N-methyl/N-ethyl adjacent to an activating group) is 7. The van der Waals surface area contributed by atoms with Gasteiger partial charge >= 0.3 is 0 Å². The third-order valence-electron chi connectivity index (χ3n) is 15.9. The summed E-state index contributed by atoms with van der Waals surface area (Å²) >= 11 is 0. The van der Waals surface area contributed by atoms with Gasteiger partial charge in [-0.25, -0.2) is 0 Å². The summed E-state index contributed by atoms with van der Waals surface area (Å²) in [6.45, 7) is 29.5. The van der Waals surface area contributed by atoms with Gasteiger partial charge in [-0.2, -0.15) is 0 Å². The topological polar surface area (TPSA) is 279 Å². The average molecular weight is 1190 g/mol. The van der Waals surface area contributed by atoms with E-state index in [-0.39, 0.29) is 61.7 Å². The fraction of sp³-hybridized carbons (Fsp3) is 0.820. The molecule has 0 aromatic heterocycles. The van der Waals surface area contributed by atoms with Crippen LogP contribution in [0, 0.1) is 47.3 Å². The van der Waals surface area contributed by atoms with Gasteiger partial charge in [-0.1, -0.05) is 111 Å². The molecule has 0 radical (unpaired) electrons. The summed E-state index contributed by atoms with van der Waals surface area (Å²) < 4.78 is 0. The number of carbonyl (C=O) groups excluding carboxylic acids is 11. The van der Waals surface area contributed by atoms with Crippen LogP contribution in [0.1, 0.15) is 156 Å². The molecule has 482 valence electrons. The molecular weight excluding hydrogens is 1080 g/mol. The Bertz CT molecular complexity index is 2260. The molecule has 1 heterocycles. The van der Waals surface area contributed by atoms with E-state index in [9.17, 15) is 48.3 Å². The Kier molecular flexibility index (Phi) is 31.1. The van der Waals surface area contributed by atoms with Gasteiger partial charge in [-0.15, -0.1) is 0 Å². The Balaban J connectivity index is 4.28. The van der Waals surface area contributed by atoms with Crippen LogP contribution < -0.4 is 21.3 Å². The zero-order valence-electron chi connectivity index (χ0n) is 55.6. The Labute approximate surface area is 503 Å². The first-order valence-corrected chi connectivity index (χ1v) is 30.4. The molecule has 0 aromatic rings. The first-order valence-electron chi connectivity index (χ1n) is 30.4. The third kappa shape index (κ3) is 21.6. The standard InChI is InChI=1S/C61H111N11O12/c1-25-42-57(80)66(18)32-48(74)67(19)44(28-35(6)7)54(77)65-49(38(12)13)60(83)68(20)43(27-34(4)5)53(76)62-31-47(73)63-41(17)56(79)69(21)45(29-36(8)9)58(81)70(22)46(30-37(10)11)59(82)71(23)50(39(14)15)61(84)72(24)51(55(78)64-42)52(75)40(16)26-33(2)3/h33-46,49-52,75H,25-32H2,1-24H3,(H,62,76)(H,63,73)(H,64,78)(H,65,77)/t40-,41-,42+,43+,44+,45+,46+,49+,50+,51+,52-/m1/s1. The van der Waals surface area contributed by atoms with Crippen LogP contribution in [-0.2, 0) is 52.7 Å². The number of nitrogens with one attached hydrogen (secondary N) is 4. The molecule has 1 aliphatic rings. The second-order valence-corrected chi connectivity index (χ2v) is 26.5. The van der Waals surface area contributed by atoms with E-state index in [0.29, 0.717) is 6.42 Å². The molecule has 0 aromatic carbocycles. The SMILES string of the molecule is CC[C@@H]1NC(=O)[C@H]([C@H](O)[C@H](C)CC(C)C)N(C)C(=O)[C@H](C(C)C)N(C)C(=O)[C@H](CC(C)C)N(C)C(=O)[C@H](CC(C)C)N(C)C(=O)[C@@H](C)NC(=O)CNC(=O)[C@H](CC(C)C)N(C)C(=O)[C@H](C(C)C)NC(=O)[C@H](CC(C)C)N(C)C(=O)CN(C)C1=O. The Morgan fingerprint density at radius 2 is 0.881 bits per heavy atom. The second kappa shape index (κ2) is 34.3. The van der Waals surface area contributed by atoms with Crippen LogP contribution in [0.25, 0.3) is 0 Å². The highest BCUT2D eigenvalue weighted by Crippen LogP contribution is 2.26. The minimum atomic E-state index is -1.59. The average Bonchev–Trinajstić information content (AvgIpc) is 2.89. The summed E-state index contributed by atoms with van der Waals surface area (Å²) in [4.78, 5) is 168. The van der Waals surface area contributed by atoms with Gasteiger partial charge in [0.2, 0.25) is 65.0 Å². The summed E-state index contributed by atoms with van der Waals surface area (Å²) in [5, 5.41) is 23.0. The Hall–Kier alpha value is -5.87. The third-order valence-corrected chi connectivity index (χ3v) is 15.9. The lowest BCUT2D eigenvalue weighted by Crippen LogP contribution is -2.63. The number of aliphatic hydroxyl groups excluding tert-OH is 1. The highest BCUT2D eigenvalue weighted by Gasteiger charge is 2.45. The molecule has 0 bridgehead atoms. The van der Waals surface area contributed by atoms with Gasteiger partial charge in [-0.05, 0) is 92.8 Å². The summed E-state index contributed by atoms with van der Waals surface area (Å²) in [6.07, 6.45) is -0.336. The summed E-state index contributed by atoms with van der Waals surface area (Å²) in [6, 6.07) is -11.0. The van der Waals surface area contributed by atoms with Crippen molar-refractivity contribution in [2.24, 2.45) is 47.3 Å². The molecule has 0 saturated carbocycles. The van der Waals surface area contributed by atoms with Crippen molar-refractivity contribution in [3.05, 3.63) is 0 Å². The summed E-state index contributed by atoms with van der Waals surface area (Å²) in [5.74, 6) is -9.46. The Morgan fingerprint density at radius 3 is 1.32 bits per heavy atom. The number of aliphatic hydroxyl groups is 1. The highest BCUT2D eigenvalue weighted by molar-refractivity contribution is 5.99. The maximum absolute atomic E-state index is 15.1. The van der Waals surface area contributed by atoms with Crippen molar-refractivity contribution in [2.45, 2.75) is 217 Å². The van der Waals surface area contributed by atoms with Gasteiger partial charge in [0.1, 0.15) is 54.4 Å². The highest BCUT2D eigenvalue weighted by atomic mass is 16.3. The molecule has 5 N–H and O–H groups in total. The first kappa shape index (κ1) is 76.1. The van der Waals surface area contributed by atoms with E-state index in [1.54, 1.807) is 41.5 Å². The lowest BCUT2D eigenvalue weighted by atomic mass is 9.88. The molecule has 0 unspecified atom stereocenters. The molecule has 1 saturated heterocycles. The minimum absolute atomic E-state index is 0.0312. The molecule has 23 heteroatoms. The van der Waals surface area contributed by atoms with Crippen LogP contribution in [0.3, 0.4) is 0 Å². The molecule has 1 rings (SSSR count). The first-order chi connectivity index (χ1) is 38.7. The van der Waals surface area contributed by atoms with Gasteiger partial charge in [0.15, 0.2) is 0 Å². The van der Waals surface area contributed by atoms with Crippen LogP contribution >= 0.6 is 0 Å². The van der Waals surface area contributed by atoms with E-state index in [1.165, 1.54) is 80.8 Å². The van der Waals surface area contributed by atoms with Crippen LogP contribution in [0.2, 0.25) is 0 Å². The van der Waals surface area contributed by atoms with Crippen LogP contribution in [0.15, 0.2) is 0 Å². The van der Waals surface area contributed by atoms with Crippen molar-refractivity contribution in [1.82, 2.24) is 55.6 Å². The molecule has 23 nitrogen and oxygen atoms in total. The number of amides is 11. The molecule has 11 atom stereocenters. The van der Waals surface area contributed by atoms with Gasteiger partial charge in [0.25, 0.3) is 0 Å². The van der Waals surface area contributed by atoms with Crippen molar-refractivity contribution >= 4 is 65.0 Å². The van der Waals surface area contributed by atoms with E-state index in [0.717, 1.165) is 9.80 Å². The monoisotopic (exact) mass is 1190 g/mol. The predicted molar refractivity (Wildman–Crippen MR) is 324 cm³/mol. The second-order valence-electron chi connectivity index (χ2n) is 26.5. The number of hydrogen-bond acceptors (Lipinski definition) is 12. The number of carbonyl (C=O) groups is 11. The maximum Gasteiger partial charge on any atom is 0.246 e. The number of nitrogens with zero attached hydrogens (tertiary/aromatic N) is 7. The van der Waals surface area contributed by atoms with Crippen molar-refractivity contribution < 1.29 is 57.8 Å². The van der Waals surface area contributed by atoms with Gasteiger partial charge in [0.05, 0.1) is 19.2 Å². The largest absolute Gasteiger partial charge is 0.390 e. The molecule has 84 heavy (non-hydrogen) atoms. The number of rotatable bonds is 15. The van der Waals surface area contributed by atoms with Gasteiger partial charge in [0, 0.05) is 49.3 Å². The fourth-order valence-electron chi connectivity index (χ4n) is 10.9. The van der Waals surface area contributed by atoms with Crippen LogP contribution in [0.5, 0.6) is 0 Å². The zero-order valence-corrected chi connectivity index (χ0v) is 55.6. The minimum Gasteiger partial charge on any atom is -0.390 e. The van der Waals surface area contributed by atoms with E-state index in [2.05, 4.69) is 21.3 Å². The summed E-state index contributed by atoms with van der Waals surface area (Å²) in [7, 11) is 9.94. The molecular formula is C61H111N11O12. The van der Waals surface area contributed by atoms with E-state index < -0.39 is 156 Å². The lowest BCUT2D eigenvalue weighted by molar-refractivity contribution is -0.157. The maximum atomic E-state index is 15.1. The van der Waals surface area contributed by atoms with Crippen LogP contribution in [0.4, 0.5) is 0 Å². The van der Waals surface area contributed by atoms with Crippen molar-refractivity contribution in [3.8, 4) is 0 Å². The zero-order chi connectivity index (χ0) is 65.3. The van der Waals surface area contributed by atoms with Crippen molar-refractivity contribution in [2.75, 3.05) is 62.4 Å². The normalized spacial score (nSPS) is 26.2. The number of hydrogen-bond donors (Lipinski definition) is 5. The smallest absolute Gasteiger partial charge is 0.246 e. The predicted octanol–water partition coefficient (Wildman–Crippen LogP) is 2.96. The van der Waals surface area contributed by atoms with Gasteiger partial charge < -0.3 is 60.7 Å². The van der Waals surface area contributed by atoms with E-state index in [4.69, 9.17) is 0 Å². The molecule has 0 spiro atoms. The van der Waals surface area contributed by atoms with E-state index in [1.807, 2.05) is 69.2 Å². The van der Waals surface area contributed by atoms with Gasteiger partial charge in [-0.3, -0.25) is 52.7 Å². The van der Waals surface area contributed by atoms with Crippen LogP contribution in [-0.4, -0.2) is 227 Å². The van der Waals surface area contributed by atoms with Crippen molar-refractivity contribution in [1.29, 1.82) is 0 Å². The summed E-state index contributed by atoms with van der Waals surface area (Å²) in [5.41, 5.74) is 0. The molecule has 11 amide bonds. The molecule has 0 aliphatic carbocycles. The molecule has 1 fully saturated rings. The fourth-order valence-corrected chi connectivity index (χ4v) is 10.9. The quantitative estimate of drug-likeness (QED) is 0.158. The Morgan fingerprint density at radius 1 is 0.452 bits per heavy atom. The van der Waals surface area contributed by atoms with E-state index >= 15 is 9.59 Å².